The van der Waals surface area contributed by atoms with Gasteiger partial charge >= 0.3 is 0 Å². The third-order valence-electron chi connectivity index (χ3n) is 3.71. The molecule has 0 fully saturated rings. The summed E-state index contributed by atoms with van der Waals surface area (Å²) in [6.45, 7) is 8.34. The second kappa shape index (κ2) is 7.80. The van der Waals surface area contributed by atoms with Gasteiger partial charge in [0.1, 0.15) is 12.4 Å². The summed E-state index contributed by atoms with van der Waals surface area (Å²) in [5.74, 6) is 0.926. The van der Waals surface area contributed by atoms with Crippen LogP contribution in [-0.4, -0.2) is 18.7 Å². The fraction of sp³-hybridized carbons (Fsp3) is 0.600. The van der Waals surface area contributed by atoms with Crippen molar-refractivity contribution in [3.8, 4) is 5.75 Å². The summed E-state index contributed by atoms with van der Waals surface area (Å²) in [7, 11) is 0. The fourth-order valence-corrected chi connectivity index (χ4v) is 2.41. The van der Waals surface area contributed by atoms with E-state index in [1.807, 2.05) is 24.3 Å². The zero-order chi connectivity index (χ0) is 13.4. The summed E-state index contributed by atoms with van der Waals surface area (Å²) in [6, 6.07) is 7.96. The van der Waals surface area contributed by atoms with Crippen molar-refractivity contribution in [2.75, 3.05) is 13.2 Å². The Morgan fingerprint density at radius 3 is 2.11 bits per heavy atom. The predicted octanol–water partition coefficient (Wildman–Crippen LogP) is 4.39. The number of nitrogens with one attached hydrogen (secondary N) is 1. The van der Waals surface area contributed by atoms with Crippen LogP contribution in [0.25, 0.3) is 0 Å². The molecule has 0 saturated heterocycles. The van der Waals surface area contributed by atoms with Crippen molar-refractivity contribution in [2.24, 2.45) is 0 Å². The summed E-state index contributed by atoms with van der Waals surface area (Å²) in [4.78, 5) is 0. The minimum Gasteiger partial charge on any atom is -0.492 e. The maximum atomic E-state index is 5.71. The molecule has 2 nitrogen and oxygen atoms in total. The lowest BCUT2D eigenvalue weighted by atomic mass is 9.90. The molecule has 0 heterocycles. The standard InChI is InChI=1S/C15H24BrNO/c1-4-15(5-2,6-3)17-11-12-18-14-9-7-13(16)8-10-14/h7-10,17H,4-6,11-12H2,1-3H3. The van der Waals surface area contributed by atoms with Crippen LogP contribution in [0.2, 0.25) is 0 Å². The maximum absolute atomic E-state index is 5.71. The van der Waals surface area contributed by atoms with Crippen molar-refractivity contribution in [3.63, 3.8) is 0 Å². The van der Waals surface area contributed by atoms with Crippen LogP contribution < -0.4 is 10.1 Å². The summed E-state index contributed by atoms with van der Waals surface area (Å²) < 4.78 is 6.79. The minimum atomic E-state index is 0.281. The van der Waals surface area contributed by atoms with Gasteiger partial charge in [-0.05, 0) is 43.5 Å². The zero-order valence-electron chi connectivity index (χ0n) is 11.6. The first-order valence-corrected chi connectivity index (χ1v) is 7.58. The summed E-state index contributed by atoms with van der Waals surface area (Å²) in [5.41, 5.74) is 0.281. The van der Waals surface area contributed by atoms with Gasteiger partial charge in [-0.2, -0.15) is 0 Å². The van der Waals surface area contributed by atoms with Crippen LogP contribution in [0, 0.1) is 0 Å². The van der Waals surface area contributed by atoms with Gasteiger partial charge in [0.25, 0.3) is 0 Å². The highest BCUT2D eigenvalue weighted by molar-refractivity contribution is 9.10. The van der Waals surface area contributed by atoms with E-state index in [4.69, 9.17) is 4.74 Å². The first-order valence-electron chi connectivity index (χ1n) is 6.79. The molecule has 0 aromatic heterocycles. The van der Waals surface area contributed by atoms with E-state index in [1.54, 1.807) is 0 Å². The van der Waals surface area contributed by atoms with Crippen molar-refractivity contribution < 1.29 is 4.74 Å². The Balaban J connectivity index is 2.31. The molecule has 3 heteroatoms. The topological polar surface area (TPSA) is 21.3 Å². The number of rotatable bonds is 8. The van der Waals surface area contributed by atoms with Crippen LogP contribution in [0.3, 0.4) is 0 Å². The van der Waals surface area contributed by atoms with E-state index < -0.39 is 0 Å². The van der Waals surface area contributed by atoms with E-state index in [-0.39, 0.29) is 5.54 Å². The lowest BCUT2D eigenvalue weighted by Gasteiger charge is -2.32. The Morgan fingerprint density at radius 1 is 1.06 bits per heavy atom. The Kier molecular flexibility index (Phi) is 6.72. The van der Waals surface area contributed by atoms with E-state index >= 15 is 0 Å². The molecule has 18 heavy (non-hydrogen) atoms. The van der Waals surface area contributed by atoms with Gasteiger partial charge in [-0.25, -0.2) is 0 Å². The van der Waals surface area contributed by atoms with E-state index in [0.29, 0.717) is 6.61 Å². The number of hydrogen-bond donors (Lipinski definition) is 1. The zero-order valence-corrected chi connectivity index (χ0v) is 13.2. The van der Waals surface area contributed by atoms with Crippen molar-refractivity contribution in [2.45, 2.75) is 45.6 Å². The van der Waals surface area contributed by atoms with Crippen LogP contribution in [0.1, 0.15) is 40.0 Å². The van der Waals surface area contributed by atoms with Gasteiger partial charge in [0.2, 0.25) is 0 Å². The fourth-order valence-electron chi connectivity index (χ4n) is 2.14. The molecule has 0 amide bonds. The molecule has 1 N–H and O–H groups in total. The molecule has 0 unspecified atom stereocenters. The molecule has 0 bridgehead atoms. The van der Waals surface area contributed by atoms with Gasteiger partial charge in [-0.15, -0.1) is 0 Å². The molecule has 102 valence electrons. The van der Waals surface area contributed by atoms with Gasteiger partial charge in [-0.1, -0.05) is 36.7 Å². The molecule has 1 aromatic carbocycles. The highest BCUT2D eigenvalue weighted by atomic mass is 79.9. The maximum Gasteiger partial charge on any atom is 0.119 e. The molecule has 0 radical (unpaired) electrons. The molecule has 0 aliphatic rings. The van der Waals surface area contributed by atoms with E-state index in [1.165, 1.54) is 0 Å². The number of hydrogen-bond acceptors (Lipinski definition) is 2. The monoisotopic (exact) mass is 313 g/mol. The van der Waals surface area contributed by atoms with Crippen LogP contribution >= 0.6 is 15.9 Å². The second-order valence-corrected chi connectivity index (χ2v) is 5.49. The minimum absolute atomic E-state index is 0.281. The lowest BCUT2D eigenvalue weighted by Crippen LogP contribution is -2.45. The summed E-state index contributed by atoms with van der Waals surface area (Å²) in [5, 5.41) is 3.63. The Morgan fingerprint density at radius 2 is 1.61 bits per heavy atom. The molecular formula is C15H24BrNO. The first-order chi connectivity index (χ1) is 8.65. The second-order valence-electron chi connectivity index (χ2n) is 4.57. The number of ether oxygens (including phenoxy) is 1. The molecule has 0 atom stereocenters. The Labute approximate surface area is 119 Å². The average Bonchev–Trinajstić information content (AvgIpc) is 2.42. The summed E-state index contributed by atoms with van der Waals surface area (Å²) >= 11 is 3.41. The van der Waals surface area contributed by atoms with Crippen LogP contribution in [-0.2, 0) is 0 Å². The van der Waals surface area contributed by atoms with Gasteiger partial charge in [0.05, 0.1) is 0 Å². The van der Waals surface area contributed by atoms with Gasteiger partial charge in [0.15, 0.2) is 0 Å². The van der Waals surface area contributed by atoms with Crippen molar-refractivity contribution in [3.05, 3.63) is 28.7 Å². The van der Waals surface area contributed by atoms with Gasteiger partial charge in [0, 0.05) is 16.6 Å². The highest BCUT2D eigenvalue weighted by Crippen LogP contribution is 2.19. The number of halogens is 1. The van der Waals surface area contributed by atoms with E-state index in [0.717, 1.165) is 36.0 Å². The lowest BCUT2D eigenvalue weighted by molar-refractivity contribution is 0.247. The normalized spacial score (nSPS) is 11.6. The molecule has 1 aromatic rings. The number of benzene rings is 1. The highest BCUT2D eigenvalue weighted by Gasteiger charge is 2.22. The van der Waals surface area contributed by atoms with Crippen LogP contribution in [0.5, 0.6) is 5.75 Å². The van der Waals surface area contributed by atoms with Gasteiger partial charge < -0.3 is 10.1 Å². The molecule has 0 saturated carbocycles. The van der Waals surface area contributed by atoms with E-state index in [9.17, 15) is 0 Å². The SMILES string of the molecule is CCC(CC)(CC)NCCOc1ccc(Br)cc1. The average molecular weight is 314 g/mol. The Hall–Kier alpha value is -0.540. The van der Waals surface area contributed by atoms with Crippen molar-refractivity contribution >= 4 is 15.9 Å². The predicted molar refractivity (Wildman–Crippen MR) is 81.2 cm³/mol. The Bertz CT molecular complexity index is 325. The largest absolute Gasteiger partial charge is 0.492 e. The molecule has 0 spiro atoms. The molecule has 1 rings (SSSR count). The molecular weight excluding hydrogens is 290 g/mol. The smallest absolute Gasteiger partial charge is 0.119 e. The third-order valence-corrected chi connectivity index (χ3v) is 4.24. The van der Waals surface area contributed by atoms with E-state index in [2.05, 4.69) is 42.0 Å². The van der Waals surface area contributed by atoms with Gasteiger partial charge in [-0.3, -0.25) is 0 Å². The third kappa shape index (κ3) is 4.62. The quantitative estimate of drug-likeness (QED) is 0.719. The first kappa shape index (κ1) is 15.5. The summed E-state index contributed by atoms with van der Waals surface area (Å²) in [6.07, 6.45) is 3.49. The van der Waals surface area contributed by atoms with Crippen LogP contribution in [0.4, 0.5) is 0 Å². The van der Waals surface area contributed by atoms with Crippen LogP contribution in [0.15, 0.2) is 28.7 Å². The molecule has 0 aliphatic carbocycles. The molecule has 0 aliphatic heterocycles. The van der Waals surface area contributed by atoms with Crippen molar-refractivity contribution in [1.82, 2.24) is 5.32 Å². The van der Waals surface area contributed by atoms with Crippen molar-refractivity contribution in [1.29, 1.82) is 0 Å².